The van der Waals surface area contributed by atoms with Gasteiger partial charge < -0.3 is 20.1 Å². The Balaban J connectivity index is 0.000000722. The van der Waals surface area contributed by atoms with Gasteiger partial charge in [-0.05, 0) is 94.4 Å². The van der Waals surface area contributed by atoms with E-state index in [1.54, 1.807) is 14.0 Å². The van der Waals surface area contributed by atoms with Gasteiger partial charge in [-0.2, -0.15) is 0 Å². The van der Waals surface area contributed by atoms with Crippen LogP contribution in [-0.2, 0) is 5.41 Å². The average molecular weight is 469 g/mol. The van der Waals surface area contributed by atoms with Crippen LogP contribution in [0.4, 0.5) is 14.5 Å². The molecule has 0 atom stereocenters. The molecule has 1 aliphatic rings. The summed E-state index contributed by atoms with van der Waals surface area (Å²) in [5.74, 6) is -0.0320. The van der Waals surface area contributed by atoms with E-state index in [1.807, 2.05) is 26.0 Å². The summed E-state index contributed by atoms with van der Waals surface area (Å²) in [6.45, 7) is 16.5. The van der Waals surface area contributed by atoms with Crippen LogP contribution in [0.15, 0.2) is 41.5 Å². The second-order valence-electron chi connectivity index (χ2n) is 8.27. The normalized spacial score (nSPS) is 16.5. The van der Waals surface area contributed by atoms with Crippen molar-refractivity contribution in [2.45, 2.75) is 79.6 Å². The molecule has 0 saturated carbocycles. The number of anilines is 1. The molecular formula is C27H46F2N2O2. The van der Waals surface area contributed by atoms with Gasteiger partial charge in [0.1, 0.15) is 24.1 Å². The van der Waals surface area contributed by atoms with Gasteiger partial charge in [0.05, 0.1) is 7.11 Å². The van der Waals surface area contributed by atoms with Crippen LogP contribution in [0, 0.1) is 0 Å². The number of nitrogens with one attached hydrogen (secondary N) is 1. The van der Waals surface area contributed by atoms with Crippen molar-refractivity contribution >= 4 is 5.69 Å². The van der Waals surface area contributed by atoms with Crippen LogP contribution in [0.3, 0.4) is 0 Å². The number of ether oxygens (including phenoxy) is 1. The van der Waals surface area contributed by atoms with Crippen LogP contribution in [0.5, 0.6) is 5.75 Å². The molecule has 1 heterocycles. The molecule has 1 fully saturated rings. The first kappa shape index (κ1) is 31.1. The second-order valence-corrected chi connectivity index (χ2v) is 8.27. The third kappa shape index (κ3) is 10.3. The Labute approximate surface area is 200 Å². The van der Waals surface area contributed by atoms with Gasteiger partial charge in [0.15, 0.2) is 0 Å². The molecular weight excluding hydrogens is 422 g/mol. The number of hydrogen-bond acceptors (Lipinski definition) is 4. The molecule has 1 aromatic rings. The van der Waals surface area contributed by atoms with E-state index in [2.05, 4.69) is 30.1 Å². The minimum Gasteiger partial charge on any atom is -0.497 e. The molecule has 0 radical (unpaired) electrons. The monoisotopic (exact) mass is 468 g/mol. The van der Waals surface area contributed by atoms with Crippen molar-refractivity contribution in [1.82, 2.24) is 4.90 Å². The highest BCUT2D eigenvalue weighted by atomic mass is 19.1. The fraction of sp³-hybridized carbons (Fsp3) is 0.630. The number of aliphatic hydroxyl groups is 1. The maximum Gasteiger partial charge on any atom is 0.124 e. The first-order chi connectivity index (χ1) is 15.7. The molecule has 2 rings (SSSR count). The Hall–Kier alpha value is -1.92. The number of allylic oxidation sites excluding steroid dienone is 4. The van der Waals surface area contributed by atoms with Gasteiger partial charge in [0.25, 0.3) is 0 Å². The summed E-state index contributed by atoms with van der Waals surface area (Å²) in [7, 11) is 1.70. The number of aliphatic hydroxyl groups excluding tert-OH is 1. The molecule has 0 aromatic heterocycles. The summed E-state index contributed by atoms with van der Waals surface area (Å²) in [5, 5.41) is 12.3. The number of likely N-dealkylation sites (tertiary alicyclic amines) is 1. The van der Waals surface area contributed by atoms with E-state index < -0.39 is 11.7 Å². The van der Waals surface area contributed by atoms with Crippen LogP contribution in [0.25, 0.3) is 0 Å². The van der Waals surface area contributed by atoms with Crippen molar-refractivity contribution in [3.8, 4) is 5.75 Å². The molecule has 0 spiro atoms. The Kier molecular flexibility index (Phi) is 15.7. The molecule has 0 amide bonds. The molecule has 1 aliphatic heterocycles. The fourth-order valence-electron chi connectivity index (χ4n) is 3.74. The summed E-state index contributed by atoms with van der Waals surface area (Å²) < 4.78 is 30.3. The Morgan fingerprint density at radius 1 is 1.18 bits per heavy atom. The smallest absolute Gasteiger partial charge is 0.124 e. The standard InChI is InChI=1S/C17H28N2O2.C8H12F2.C2H6/c1-4-9-19-10-7-17(2,8-11-19)15-12-14(21-3)5-6-16(15)18-13-20;1-4-5-8(10)6(2)7(3)9;1-2/h5-6,12,18,20H,4,7-11,13H2,1-3H3;5H,4H2,1-3H3;1-2H3/b;7-6+,8-5+;. The van der Waals surface area contributed by atoms with Gasteiger partial charge in [-0.3, -0.25) is 0 Å². The molecule has 0 bridgehead atoms. The Morgan fingerprint density at radius 3 is 2.24 bits per heavy atom. The van der Waals surface area contributed by atoms with Crippen LogP contribution >= 0.6 is 0 Å². The van der Waals surface area contributed by atoms with Crippen LogP contribution < -0.4 is 10.1 Å². The van der Waals surface area contributed by atoms with Crippen molar-refractivity contribution in [3.05, 3.63) is 47.1 Å². The summed E-state index contributed by atoms with van der Waals surface area (Å²) in [6.07, 6.45) is 5.45. The topological polar surface area (TPSA) is 44.7 Å². The summed E-state index contributed by atoms with van der Waals surface area (Å²) in [5.41, 5.74) is 2.51. The molecule has 0 unspecified atom stereocenters. The highest BCUT2D eigenvalue weighted by Gasteiger charge is 2.33. The summed E-state index contributed by atoms with van der Waals surface area (Å²) in [4.78, 5) is 2.54. The van der Waals surface area contributed by atoms with Gasteiger partial charge in [-0.1, -0.05) is 34.6 Å². The van der Waals surface area contributed by atoms with E-state index in [-0.39, 0.29) is 17.7 Å². The van der Waals surface area contributed by atoms with E-state index in [4.69, 9.17) is 4.74 Å². The largest absolute Gasteiger partial charge is 0.497 e. The number of piperidine rings is 1. The number of rotatable bonds is 8. The van der Waals surface area contributed by atoms with Crippen LogP contribution in [0.2, 0.25) is 0 Å². The average Bonchev–Trinajstić information content (AvgIpc) is 2.82. The Bertz CT molecular complexity index is 736. The SMILES string of the molecule is CC.CC/C=C(F)\C(C)=C(/C)F.CCCN1CCC(C)(c2cc(OC)ccc2NCO)CC1. The maximum atomic E-state index is 12.6. The highest BCUT2D eigenvalue weighted by molar-refractivity contribution is 5.57. The number of methoxy groups -OCH3 is 1. The predicted molar refractivity (Wildman–Crippen MR) is 137 cm³/mol. The summed E-state index contributed by atoms with van der Waals surface area (Å²) in [6, 6.07) is 6.07. The molecule has 33 heavy (non-hydrogen) atoms. The molecule has 0 aliphatic carbocycles. The lowest BCUT2D eigenvalue weighted by Crippen LogP contribution is -2.41. The van der Waals surface area contributed by atoms with Crippen molar-refractivity contribution in [2.75, 3.05) is 38.8 Å². The zero-order valence-corrected chi connectivity index (χ0v) is 22.0. The number of benzene rings is 1. The van der Waals surface area contributed by atoms with Crippen LogP contribution in [-0.4, -0.2) is 43.5 Å². The number of nitrogens with zero attached hydrogens (tertiary/aromatic N) is 1. The van der Waals surface area contributed by atoms with E-state index in [1.165, 1.54) is 38.5 Å². The zero-order chi connectivity index (χ0) is 25.4. The van der Waals surface area contributed by atoms with Crippen LogP contribution in [0.1, 0.15) is 79.7 Å². The third-order valence-electron chi connectivity index (χ3n) is 5.90. The zero-order valence-electron chi connectivity index (χ0n) is 22.0. The van der Waals surface area contributed by atoms with Gasteiger partial charge in [-0.15, -0.1) is 0 Å². The quantitative estimate of drug-likeness (QED) is 0.309. The molecule has 1 saturated heterocycles. The lowest BCUT2D eigenvalue weighted by molar-refractivity contribution is 0.169. The highest BCUT2D eigenvalue weighted by Crippen LogP contribution is 2.40. The molecule has 190 valence electrons. The molecule has 2 N–H and O–H groups in total. The van der Waals surface area contributed by atoms with E-state index in [0.29, 0.717) is 6.42 Å². The number of halogens is 2. The van der Waals surface area contributed by atoms with Crippen molar-refractivity contribution in [1.29, 1.82) is 0 Å². The lowest BCUT2D eigenvalue weighted by Gasteiger charge is -2.40. The first-order valence-corrected chi connectivity index (χ1v) is 12.2. The Morgan fingerprint density at radius 2 is 1.79 bits per heavy atom. The van der Waals surface area contributed by atoms with Gasteiger partial charge in [0.2, 0.25) is 0 Å². The second kappa shape index (κ2) is 16.7. The van der Waals surface area contributed by atoms with E-state index >= 15 is 0 Å². The first-order valence-electron chi connectivity index (χ1n) is 12.2. The van der Waals surface area contributed by atoms with Crippen molar-refractivity contribution in [3.63, 3.8) is 0 Å². The third-order valence-corrected chi connectivity index (χ3v) is 5.90. The molecule has 4 nitrogen and oxygen atoms in total. The number of hydrogen-bond donors (Lipinski definition) is 2. The predicted octanol–water partition coefficient (Wildman–Crippen LogP) is 7.36. The minimum absolute atomic E-state index is 0.0443. The fourth-order valence-corrected chi connectivity index (χ4v) is 3.74. The molecule has 6 heteroatoms. The van der Waals surface area contributed by atoms with Crippen molar-refractivity contribution < 1.29 is 18.6 Å². The maximum absolute atomic E-state index is 12.6. The van der Waals surface area contributed by atoms with E-state index in [0.717, 1.165) is 37.4 Å². The van der Waals surface area contributed by atoms with Crippen molar-refractivity contribution in [2.24, 2.45) is 0 Å². The van der Waals surface area contributed by atoms with Gasteiger partial charge in [-0.25, -0.2) is 8.78 Å². The lowest BCUT2D eigenvalue weighted by atomic mass is 9.73. The van der Waals surface area contributed by atoms with Gasteiger partial charge >= 0.3 is 0 Å². The van der Waals surface area contributed by atoms with Gasteiger partial charge in [0, 0.05) is 11.3 Å². The minimum atomic E-state index is -0.456. The summed E-state index contributed by atoms with van der Waals surface area (Å²) >= 11 is 0. The molecule has 1 aromatic carbocycles. The van der Waals surface area contributed by atoms with E-state index in [9.17, 15) is 13.9 Å².